The Morgan fingerprint density at radius 3 is 3.14 bits per heavy atom. The van der Waals surface area contributed by atoms with Gasteiger partial charge in [0.05, 0.1) is 17.1 Å². The number of rotatable bonds is 4. The van der Waals surface area contributed by atoms with E-state index in [1.165, 1.54) is 11.8 Å². The van der Waals surface area contributed by atoms with Crippen LogP contribution in [0.5, 0.6) is 0 Å². The van der Waals surface area contributed by atoms with Crippen molar-refractivity contribution in [1.82, 2.24) is 4.98 Å². The molecule has 0 spiro atoms. The second-order valence-electron chi connectivity index (χ2n) is 2.66. The zero-order chi connectivity index (χ0) is 10.4. The van der Waals surface area contributed by atoms with Crippen LogP contribution in [0.4, 0.5) is 0 Å². The number of hydrogen-bond donors (Lipinski definition) is 1. The van der Waals surface area contributed by atoms with Crippen LogP contribution in [0.25, 0.3) is 0 Å². The van der Waals surface area contributed by atoms with Gasteiger partial charge < -0.3 is 5.73 Å². The van der Waals surface area contributed by atoms with Gasteiger partial charge in [0.15, 0.2) is 0 Å². The predicted octanol–water partition coefficient (Wildman–Crippen LogP) is 2.07. The summed E-state index contributed by atoms with van der Waals surface area (Å²) in [5.41, 5.74) is 5.45. The van der Waals surface area contributed by atoms with Crippen LogP contribution in [0.15, 0.2) is 23.4 Å². The van der Waals surface area contributed by atoms with Crippen molar-refractivity contribution in [3.05, 3.63) is 23.4 Å². The Bertz CT molecular complexity index is 337. The lowest BCUT2D eigenvalue weighted by atomic mass is 10.3. The SMILES string of the molecule is N#CC(N)CCSc1ncccc1Cl. The molecule has 5 heteroatoms. The Hall–Kier alpha value is -0.760. The van der Waals surface area contributed by atoms with Crippen molar-refractivity contribution in [3.63, 3.8) is 0 Å². The van der Waals surface area contributed by atoms with E-state index in [0.29, 0.717) is 11.4 Å². The van der Waals surface area contributed by atoms with E-state index >= 15 is 0 Å². The van der Waals surface area contributed by atoms with Gasteiger partial charge in [0, 0.05) is 11.9 Å². The third kappa shape index (κ3) is 3.54. The minimum Gasteiger partial charge on any atom is -0.316 e. The number of pyridine rings is 1. The summed E-state index contributed by atoms with van der Waals surface area (Å²) in [5.74, 6) is 0.755. The minimum absolute atomic E-state index is 0.398. The summed E-state index contributed by atoms with van der Waals surface area (Å²) in [6.07, 6.45) is 2.34. The minimum atomic E-state index is -0.398. The molecule has 0 bridgehead atoms. The molecule has 0 aliphatic carbocycles. The van der Waals surface area contributed by atoms with Crippen molar-refractivity contribution >= 4 is 23.4 Å². The number of thioether (sulfide) groups is 1. The second-order valence-corrected chi connectivity index (χ2v) is 4.15. The van der Waals surface area contributed by atoms with Crippen LogP contribution in [0.2, 0.25) is 5.02 Å². The van der Waals surface area contributed by atoms with E-state index in [1.807, 2.05) is 6.07 Å². The fraction of sp³-hybridized carbons (Fsp3) is 0.333. The average molecular weight is 228 g/mol. The van der Waals surface area contributed by atoms with Gasteiger partial charge in [-0.2, -0.15) is 5.26 Å². The molecule has 1 heterocycles. The third-order valence-corrected chi connectivity index (χ3v) is 3.01. The van der Waals surface area contributed by atoms with Crippen LogP contribution in [-0.4, -0.2) is 16.8 Å². The average Bonchev–Trinajstić information content (AvgIpc) is 2.20. The van der Waals surface area contributed by atoms with E-state index in [9.17, 15) is 0 Å². The predicted molar refractivity (Wildman–Crippen MR) is 58.2 cm³/mol. The lowest BCUT2D eigenvalue weighted by Crippen LogP contribution is -2.17. The molecule has 0 amide bonds. The Morgan fingerprint density at radius 1 is 1.71 bits per heavy atom. The first-order valence-electron chi connectivity index (χ1n) is 4.12. The molecule has 0 aliphatic rings. The van der Waals surface area contributed by atoms with Crippen LogP contribution in [-0.2, 0) is 0 Å². The molecule has 1 rings (SSSR count). The number of halogens is 1. The monoisotopic (exact) mass is 227 g/mol. The maximum Gasteiger partial charge on any atom is 0.115 e. The Morgan fingerprint density at radius 2 is 2.50 bits per heavy atom. The standard InChI is InChI=1S/C9H10ClN3S/c10-8-2-1-4-13-9(8)14-5-3-7(12)6-11/h1-2,4,7H,3,5,12H2. The smallest absolute Gasteiger partial charge is 0.115 e. The molecule has 0 saturated heterocycles. The molecule has 74 valence electrons. The van der Waals surface area contributed by atoms with Crippen molar-refractivity contribution in [2.24, 2.45) is 5.73 Å². The van der Waals surface area contributed by atoms with Gasteiger partial charge in [-0.05, 0) is 18.6 Å². The molecular formula is C9H10ClN3S. The Labute approximate surface area is 92.3 Å². The van der Waals surface area contributed by atoms with Crippen LogP contribution in [0, 0.1) is 11.3 Å². The normalized spacial score (nSPS) is 12.1. The van der Waals surface area contributed by atoms with Gasteiger partial charge >= 0.3 is 0 Å². The van der Waals surface area contributed by atoms with Crippen molar-refractivity contribution in [2.45, 2.75) is 17.5 Å². The Kier molecular flexibility index (Phi) is 4.74. The molecule has 1 atom stereocenters. The molecular weight excluding hydrogens is 218 g/mol. The first-order valence-corrected chi connectivity index (χ1v) is 5.49. The second kappa shape index (κ2) is 5.86. The van der Waals surface area contributed by atoms with E-state index in [0.717, 1.165) is 10.8 Å². The lowest BCUT2D eigenvalue weighted by molar-refractivity contribution is 0.802. The highest BCUT2D eigenvalue weighted by Gasteiger charge is 2.03. The maximum atomic E-state index is 8.46. The van der Waals surface area contributed by atoms with Gasteiger partial charge in [0.2, 0.25) is 0 Å². The topological polar surface area (TPSA) is 62.7 Å². The highest BCUT2D eigenvalue weighted by atomic mass is 35.5. The summed E-state index contributed by atoms with van der Waals surface area (Å²) >= 11 is 7.41. The van der Waals surface area contributed by atoms with Crippen LogP contribution in [0.1, 0.15) is 6.42 Å². The summed E-state index contributed by atoms with van der Waals surface area (Å²) in [4.78, 5) is 4.11. The first-order chi connectivity index (χ1) is 6.74. The quantitative estimate of drug-likeness (QED) is 0.800. The molecule has 2 N–H and O–H groups in total. The zero-order valence-corrected chi connectivity index (χ0v) is 9.05. The first kappa shape index (κ1) is 11.3. The fourth-order valence-corrected chi connectivity index (χ4v) is 2.02. The van der Waals surface area contributed by atoms with Crippen LogP contribution in [0.3, 0.4) is 0 Å². The molecule has 1 unspecified atom stereocenters. The molecule has 0 fully saturated rings. The van der Waals surface area contributed by atoms with Crippen molar-refractivity contribution in [3.8, 4) is 6.07 Å². The van der Waals surface area contributed by atoms with Gasteiger partial charge in [-0.25, -0.2) is 4.98 Å². The number of nitrogens with zero attached hydrogens (tertiary/aromatic N) is 2. The lowest BCUT2D eigenvalue weighted by Gasteiger charge is -2.03. The maximum absolute atomic E-state index is 8.46. The fourth-order valence-electron chi connectivity index (χ4n) is 0.825. The summed E-state index contributed by atoms with van der Waals surface area (Å²) in [6.45, 7) is 0. The Balaban J connectivity index is 2.40. The van der Waals surface area contributed by atoms with E-state index in [-0.39, 0.29) is 0 Å². The van der Waals surface area contributed by atoms with Gasteiger partial charge in [-0.3, -0.25) is 0 Å². The van der Waals surface area contributed by atoms with E-state index < -0.39 is 6.04 Å². The van der Waals surface area contributed by atoms with Gasteiger partial charge in [0.25, 0.3) is 0 Å². The van der Waals surface area contributed by atoms with Gasteiger partial charge in [0.1, 0.15) is 5.03 Å². The van der Waals surface area contributed by atoms with E-state index in [4.69, 9.17) is 22.6 Å². The van der Waals surface area contributed by atoms with Crippen molar-refractivity contribution in [2.75, 3.05) is 5.75 Å². The number of nitrogens with two attached hydrogens (primary N) is 1. The highest BCUT2D eigenvalue weighted by Crippen LogP contribution is 2.24. The van der Waals surface area contributed by atoms with Crippen molar-refractivity contribution in [1.29, 1.82) is 5.26 Å². The van der Waals surface area contributed by atoms with Crippen LogP contribution < -0.4 is 5.73 Å². The number of nitriles is 1. The largest absolute Gasteiger partial charge is 0.316 e. The van der Waals surface area contributed by atoms with Crippen molar-refractivity contribution < 1.29 is 0 Å². The third-order valence-electron chi connectivity index (χ3n) is 1.56. The van der Waals surface area contributed by atoms with Gasteiger partial charge in [-0.15, -0.1) is 11.8 Å². The van der Waals surface area contributed by atoms with E-state index in [1.54, 1.807) is 18.3 Å². The zero-order valence-electron chi connectivity index (χ0n) is 7.48. The summed E-state index contributed by atoms with van der Waals surface area (Å²) < 4.78 is 0. The molecule has 0 saturated carbocycles. The molecule has 0 aliphatic heterocycles. The molecule has 1 aromatic heterocycles. The molecule has 0 aromatic carbocycles. The number of hydrogen-bond acceptors (Lipinski definition) is 4. The summed E-state index contributed by atoms with van der Waals surface area (Å²) in [6, 6.07) is 5.16. The molecule has 0 radical (unpaired) electrons. The molecule has 3 nitrogen and oxygen atoms in total. The van der Waals surface area contributed by atoms with Gasteiger partial charge in [-0.1, -0.05) is 11.6 Å². The number of aromatic nitrogens is 1. The summed E-state index contributed by atoms with van der Waals surface area (Å²) in [7, 11) is 0. The van der Waals surface area contributed by atoms with Crippen LogP contribution >= 0.6 is 23.4 Å². The molecule has 1 aromatic rings. The summed E-state index contributed by atoms with van der Waals surface area (Å²) in [5, 5.41) is 9.89. The highest BCUT2D eigenvalue weighted by molar-refractivity contribution is 7.99. The van der Waals surface area contributed by atoms with E-state index in [2.05, 4.69) is 4.98 Å². The molecule has 14 heavy (non-hydrogen) atoms.